The van der Waals surface area contributed by atoms with Crippen LogP contribution in [-0.4, -0.2) is 41.3 Å². The number of hydrogen-bond acceptors (Lipinski definition) is 8. The number of ether oxygens (including phenoxy) is 3. The maximum absolute atomic E-state index is 12.9. The molecule has 0 saturated heterocycles. The van der Waals surface area contributed by atoms with Crippen LogP contribution in [0.4, 0.5) is 0 Å². The van der Waals surface area contributed by atoms with E-state index < -0.39 is 19.7 Å². The van der Waals surface area contributed by atoms with E-state index in [1.807, 2.05) is 13.8 Å². The number of aromatic hydroxyl groups is 1. The van der Waals surface area contributed by atoms with E-state index in [0.717, 1.165) is 0 Å². The van der Waals surface area contributed by atoms with E-state index in [1.165, 1.54) is 60.7 Å². The lowest BCUT2D eigenvalue weighted by molar-refractivity contribution is 0.217. The quantitative estimate of drug-likeness (QED) is 0.242. The van der Waals surface area contributed by atoms with Crippen LogP contribution in [0.2, 0.25) is 0 Å². The average molecular weight is 569 g/mol. The Morgan fingerprint density at radius 3 is 1.18 bits per heavy atom. The van der Waals surface area contributed by atoms with Crippen molar-refractivity contribution in [1.29, 1.82) is 0 Å². The van der Waals surface area contributed by atoms with Crippen molar-refractivity contribution in [1.82, 2.24) is 0 Å². The second-order valence-corrected chi connectivity index (χ2v) is 12.7. The van der Waals surface area contributed by atoms with Gasteiger partial charge in [0.15, 0.2) is 0 Å². The summed E-state index contributed by atoms with van der Waals surface area (Å²) in [5, 5.41) is 9.37. The Balaban J connectivity index is 1.29. The molecule has 4 aromatic rings. The van der Waals surface area contributed by atoms with Gasteiger partial charge in [0.25, 0.3) is 0 Å². The van der Waals surface area contributed by atoms with Crippen LogP contribution in [0.15, 0.2) is 117 Å². The first kappa shape index (κ1) is 28.0. The Labute approximate surface area is 228 Å². The third-order valence-corrected chi connectivity index (χ3v) is 9.11. The zero-order valence-electron chi connectivity index (χ0n) is 21.4. The molecule has 0 radical (unpaired) electrons. The SMILES string of the molecule is CC(C)Oc1ccc(S(=O)(=O)c2ccc(OCCOc3ccc(S(=O)(=O)c4ccc(O)cc4)cc3)cc2)cc1. The zero-order valence-corrected chi connectivity index (χ0v) is 23.0. The Kier molecular flexibility index (Phi) is 8.47. The molecule has 4 aromatic carbocycles. The molecule has 10 heteroatoms. The predicted octanol–water partition coefficient (Wildman–Crippen LogP) is 5.30. The van der Waals surface area contributed by atoms with Gasteiger partial charge in [0, 0.05) is 0 Å². The molecule has 0 aliphatic carbocycles. The molecule has 8 nitrogen and oxygen atoms in total. The molecule has 0 saturated carbocycles. The number of phenolic OH excluding ortho intramolecular Hbond substituents is 1. The van der Waals surface area contributed by atoms with Gasteiger partial charge in [-0.3, -0.25) is 0 Å². The van der Waals surface area contributed by atoms with Crippen molar-refractivity contribution in [3.05, 3.63) is 97.1 Å². The second-order valence-electron chi connectivity index (χ2n) is 8.78. The van der Waals surface area contributed by atoms with Crippen LogP contribution >= 0.6 is 0 Å². The Hall–Kier alpha value is -4.02. The molecule has 0 unspecified atom stereocenters. The van der Waals surface area contributed by atoms with Crippen LogP contribution in [-0.2, 0) is 19.7 Å². The molecule has 4 rings (SSSR count). The molecule has 1 N–H and O–H groups in total. The third-order valence-electron chi connectivity index (χ3n) is 5.54. The van der Waals surface area contributed by atoms with Gasteiger partial charge in [0.1, 0.15) is 36.2 Å². The summed E-state index contributed by atoms with van der Waals surface area (Å²) in [4.78, 5) is 0.496. The number of benzene rings is 4. The molecule has 0 aliphatic heterocycles. The lowest BCUT2D eigenvalue weighted by Gasteiger charge is -2.11. The molecule has 0 aromatic heterocycles. The topological polar surface area (TPSA) is 116 Å². The summed E-state index contributed by atoms with van der Waals surface area (Å²) in [5.74, 6) is 1.53. The molecule has 204 valence electrons. The monoisotopic (exact) mass is 568 g/mol. The standard InChI is InChI=1S/C29H28O8S2/c1-21(2)37-25-9-17-29(18-10-25)39(33,34)28-15-7-24(8-16-28)36-20-19-35-23-5-13-27(14-6-23)38(31,32)26-11-3-22(30)4-12-26/h3-18,21,30H,19-20H2,1-2H3. The molecule has 0 heterocycles. The molecular weight excluding hydrogens is 540 g/mol. The summed E-state index contributed by atoms with van der Waals surface area (Å²) < 4.78 is 68.1. The number of rotatable bonds is 11. The Bertz CT molecular complexity index is 1590. The van der Waals surface area contributed by atoms with Crippen molar-refractivity contribution >= 4 is 19.7 Å². The summed E-state index contributed by atoms with van der Waals surface area (Å²) in [7, 11) is -7.40. The first-order valence-corrected chi connectivity index (χ1v) is 15.0. The molecule has 0 spiro atoms. The van der Waals surface area contributed by atoms with E-state index >= 15 is 0 Å². The largest absolute Gasteiger partial charge is 0.508 e. The van der Waals surface area contributed by atoms with Gasteiger partial charge in [0.05, 0.1) is 25.7 Å². The van der Waals surface area contributed by atoms with Crippen molar-refractivity contribution in [3.63, 3.8) is 0 Å². The highest BCUT2D eigenvalue weighted by molar-refractivity contribution is 7.91. The van der Waals surface area contributed by atoms with Gasteiger partial charge in [-0.05, 0) is 111 Å². The van der Waals surface area contributed by atoms with Gasteiger partial charge in [-0.25, -0.2) is 16.8 Å². The van der Waals surface area contributed by atoms with E-state index in [2.05, 4.69) is 0 Å². The maximum atomic E-state index is 12.9. The molecule has 0 aliphatic rings. The summed E-state index contributed by atoms with van der Waals surface area (Å²) in [6.07, 6.45) is -0.00717. The summed E-state index contributed by atoms with van der Waals surface area (Å²) in [6, 6.07) is 23.7. The molecular formula is C29H28O8S2. The van der Waals surface area contributed by atoms with Crippen molar-refractivity contribution in [2.24, 2.45) is 0 Å². The lowest BCUT2D eigenvalue weighted by Crippen LogP contribution is -2.09. The van der Waals surface area contributed by atoms with Gasteiger partial charge in [-0.1, -0.05) is 0 Å². The van der Waals surface area contributed by atoms with Gasteiger partial charge in [-0.15, -0.1) is 0 Å². The highest BCUT2D eigenvalue weighted by Gasteiger charge is 2.19. The second kappa shape index (κ2) is 11.8. The van der Waals surface area contributed by atoms with E-state index in [-0.39, 0.29) is 44.6 Å². The van der Waals surface area contributed by atoms with Crippen LogP contribution < -0.4 is 14.2 Å². The smallest absolute Gasteiger partial charge is 0.206 e. The minimum Gasteiger partial charge on any atom is -0.508 e. The normalized spacial score (nSPS) is 11.8. The fourth-order valence-corrected chi connectivity index (χ4v) is 6.14. The van der Waals surface area contributed by atoms with Crippen LogP contribution in [0.5, 0.6) is 23.0 Å². The first-order chi connectivity index (χ1) is 18.6. The molecule has 0 amide bonds. The van der Waals surface area contributed by atoms with Crippen molar-refractivity contribution in [3.8, 4) is 23.0 Å². The van der Waals surface area contributed by atoms with Crippen molar-refractivity contribution in [2.45, 2.75) is 39.5 Å². The van der Waals surface area contributed by atoms with E-state index in [0.29, 0.717) is 17.2 Å². The van der Waals surface area contributed by atoms with Crippen LogP contribution in [0.25, 0.3) is 0 Å². The van der Waals surface area contributed by atoms with E-state index in [4.69, 9.17) is 14.2 Å². The van der Waals surface area contributed by atoms with Crippen LogP contribution in [0.3, 0.4) is 0 Å². The summed E-state index contributed by atoms with van der Waals surface area (Å²) in [6.45, 7) is 4.17. The lowest BCUT2D eigenvalue weighted by atomic mass is 10.3. The van der Waals surface area contributed by atoms with Crippen LogP contribution in [0.1, 0.15) is 13.8 Å². The first-order valence-electron chi connectivity index (χ1n) is 12.1. The number of hydrogen-bond donors (Lipinski definition) is 1. The average Bonchev–Trinajstić information content (AvgIpc) is 2.92. The summed E-state index contributed by atoms with van der Waals surface area (Å²) >= 11 is 0. The van der Waals surface area contributed by atoms with Gasteiger partial charge in [0.2, 0.25) is 19.7 Å². The van der Waals surface area contributed by atoms with Gasteiger partial charge in [-0.2, -0.15) is 0 Å². The van der Waals surface area contributed by atoms with Crippen molar-refractivity contribution < 1.29 is 36.2 Å². The Morgan fingerprint density at radius 2 is 0.846 bits per heavy atom. The molecule has 39 heavy (non-hydrogen) atoms. The van der Waals surface area contributed by atoms with E-state index in [1.54, 1.807) is 36.4 Å². The third kappa shape index (κ3) is 6.90. The van der Waals surface area contributed by atoms with Crippen molar-refractivity contribution in [2.75, 3.05) is 13.2 Å². The minimum atomic E-state index is -3.71. The highest BCUT2D eigenvalue weighted by Crippen LogP contribution is 2.26. The minimum absolute atomic E-state index is 0.00717. The van der Waals surface area contributed by atoms with Gasteiger partial charge >= 0.3 is 0 Å². The zero-order chi connectivity index (χ0) is 28.0. The highest BCUT2D eigenvalue weighted by atomic mass is 32.2. The fraction of sp³-hybridized carbons (Fsp3) is 0.172. The summed E-state index contributed by atoms with van der Waals surface area (Å²) in [5.41, 5.74) is 0. The predicted molar refractivity (Wildman–Crippen MR) is 145 cm³/mol. The number of sulfone groups is 2. The molecule has 0 bridgehead atoms. The Morgan fingerprint density at radius 1 is 0.538 bits per heavy atom. The van der Waals surface area contributed by atoms with Gasteiger partial charge < -0.3 is 19.3 Å². The fourth-order valence-electron chi connectivity index (χ4n) is 3.62. The molecule has 0 fully saturated rings. The molecule has 0 atom stereocenters. The van der Waals surface area contributed by atoms with Crippen LogP contribution in [0, 0.1) is 0 Å². The van der Waals surface area contributed by atoms with E-state index in [9.17, 15) is 21.9 Å². The maximum Gasteiger partial charge on any atom is 0.206 e. The number of phenols is 1.